The zero-order valence-corrected chi connectivity index (χ0v) is 13.0. The minimum atomic E-state index is -0.498. The lowest BCUT2D eigenvalue weighted by Gasteiger charge is -2.14. The van der Waals surface area contributed by atoms with Crippen LogP contribution in [-0.4, -0.2) is 27.2 Å². The maximum Gasteiger partial charge on any atom is 0.360 e. The van der Waals surface area contributed by atoms with E-state index in [9.17, 15) is 4.79 Å². The Morgan fingerprint density at radius 3 is 2.74 bits per heavy atom. The molecule has 3 rings (SSSR count). The van der Waals surface area contributed by atoms with E-state index in [-0.39, 0.29) is 12.3 Å². The molecule has 0 saturated heterocycles. The third kappa shape index (κ3) is 3.01. The number of rotatable bonds is 5. The van der Waals surface area contributed by atoms with Gasteiger partial charge in [-0.1, -0.05) is 30.3 Å². The highest BCUT2D eigenvalue weighted by atomic mass is 16.5. The van der Waals surface area contributed by atoms with Crippen LogP contribution >= 0.6 is 0 Å². The molecular formula is C17H17N3O3. The molecule has 0 saturated carbocycles. The van der Waals surface area contributed by atoms with Crippen LogP contribution in [0.3, 0.4) is 0 Å². The van der Waals surface area contributed by atoms with Crippen molar-refractivity contribution in [1.82, 2.24) is 14.6 Å². The highest BCUT2D eigenvalue weighted by Crippen LogP contribution is 2.25. The Morgan fingerprint density at radius 2 is 2.00 bits per heavy atom. The molecule has 1 aromatic carbocycles. The summed E-state index contributed by atoms with van der Waals surface area (Å²) in [4.78, 5) is 16.5. The number of carbonyl (C=O) groups excluding carboxylic acids is 1. The highest BCUT2D eigenvalue weighted by molar-refractivity contribution is 5.91. The first-order valence-electron chi connectivity index (χ1n) is 7.39. The lowest BCUT2D eigenvalue weighted by Crippen LogP contribution is -2.14. The maximum atomic E-state index is 12.2. The normalized spacial score (nSPS) is 10.7. The molecule has 0 spiro atoms. The van der Waals surface area contributed by atoms with E-state index >= 15 is 0 Å². The molecule has 3 aromatic rings. The van der Waals surface area contributed by atoms with Crippen LogP contribution in [0.15, 0.2) is 42.6 Å². The van der Waals surface area contributed by atoms with Crippen LogP contribution < -0.4 is 4.74 Å². The van der Waals surface area contributed by atoms with Gasteiger partial charge in [0.2, 0.25) is 0 Å². The van der Waals surface area contributed by atoms with E-state index in [1.54, 1.807) is 23.7 Å². The van der Waals surface area contributed by atoms with Crippen molar-refractivity contribution in [3.05, 3.63) is 59.5 Å². The Labute approximate surface area is 133 Å². The predicted octanol–water partition coefficient (Wildman–Crippen LogP) is 2.79. The fourth-order valence-electron chi connectivity index (χ4n) is 2.31. The molecule has 6 heteroatoms. The van der Waals surface area contributed by atoms with Gasteiger partial charge in [0.05, 0.1) is 18.5 Å². The molecule has 23 heavy (non-hydrogen) atoms. The summed E-state index contributed by atoms with van der Waals surface area (Å²) < 4.78 is 12.6. The van der Waals surface area contributed by atoms with Crippen molar-refractivity contribution in [2.45, 2.75) is 20.5 Å². The largest absolute Gasteiger partial charge is 0.484 e. The van der Waals surface area contributed by atoms with Crippen LogP contribution in [0.25, 0.3) is 5.65 Å². The van der Waals surface area contributed by atoms with Gasteiger partial charge in [0.1, 0.15) is 6.61 Å². The average Bonchev–Trinajstić information content (AvgIpc) is 3.04. The van der Waals surface area contributed by atoms with Gasteiger partial charge in [-0.15, -0.1) is 0 Å². The number of ether oxygens (including phenoxy) is 2. The van der Waals surface area contributed by atoms with E-state index in [4.69, 9.17) is 9.47 Å². The number of aryl methyl sites for hydroxylation is 1. The van der Waals surface area contributed by atoms with Gasteiger partial charge in [0, 0.05) is 6.07 Å². The second-order valence-electron chi connectivity index (χ2n) is 4.97. The Balaban J connectivity index is 2.00. The molecule has 0 bridgehead atoms. The van der Waals surface area contributed by atoms with Crippen LogP contribution in [-0.2, 0) is 11.3 Å². The highest BCUT2D eigenvalue weighted by Gasteiger charge is 2.21. The average molecular weight is 311 g/mol. The number of nitrogens with zero attached hydrogens (tertiary/aromatic N) is 3. The van der Waals surface area contributed by atoms with Crippen molar-refractivity contribution in [3.8, 4) is 5.75 Å². The van der Waals surface area contributed by atoms with Crippen molar-refractivity contribution in [2.75, 3.05) is 6.61 Å². The first-order chi connectivity index (χ1) is 11.2. The summed E-state index contributed by atoms with van der Waals surface area (Å²) >= 11 is 0. The zero-order chi connectivity index (χ0) is 16.2. The third-order valence-electron chi connectivity index (χ3n) is 3.41. The smallest absolute Gasteiger partial charge is 0.360 e. The van der Waals surface area contributed by atoms with Gasteiger partial charge in [-0.25, -0.2) is 14.3 Å². The zero-order valence-electron chi connectivity index (χ0n) is 13.0. The van der Waals surface area contributed by atoms with Crippen molar-refractivity contribution in [3.63, 3.8) is 0 Å². The van der Waals surface area contributed by atoms with Crippen LogP contribution in [0, 0.1) is 6.92 Å². The minimum absolute atomic E-state index is 0.174. The Kier molecular flexibility index (Phi) is 4.23. The van der Waals surface area contributed by atoms with Crippen molar-refractivity contribution >= 4 is 11.6 Å². The molecule has 0 aliphatic carbocycles. The molecule has 0 unspecified atom stereocenters. The molecule has 0 fully saturated rings. The van der Waals surface area contributed by atoms with Gasteiger partial charge in [0.15, 0.2) is 17.1 Å². The molecule has 118 valence electrons. The molecule has 0 aliphatic heterocycles. The summed E-state index contributed by atoms with van der Waals surface area (Å²) in [5, 5.41) is 4.20. The van der Waals surface area contributed by atoms with Gasteiger partial charge in [-0.2, -0.15) is 5.10 Å². The van der Waals surface area contributed by atoms with Gasteiger partial charge in [-0.05, 0) is 19.4 Å². The molecule has 2 heterocycles. The number of benzene rings is 1. The first kappa shape index (κ1) is 15.0. The molecule has 0 N–H and O–H groups in total. The number of aromatic nitrogens is 3. The number of hydrogen-bond acceptors (Lipinski definition) is 5. The predicted molar refractivity (Wildman–Crippen MR) is 84.5 cm³/mol. The van der Waals surface area contributed by atoms with E-state index < -0.39 is 5.97 Å². The monoisotopic (exact) mass is 311 g/mol. The summed E-state index contributed by atoms with van der Waals surface area (Å²) in [7, 11) is 0. The maximum absolute atomic E-state index is 12.2. The van der Waals surface area contributed by atoms with Gasteiger partial charge in [0.25, 0.3) is 0 Å². The molecule has 0 amide bonds. The third-order valence-corrected chi connectivity index (χ3v) is 3.41. The standard InChI is InChI=1S/C17H17N3O3/c1-3-22-17(21)15-16(23-11-13-7-5-4-6-8-13)12(2)20-14(19-15)9-10-18-20/h4-10H,3,11H2,1-2H3. The summed E-state index contributed by atoms with van der Waals surface area (Å²) in [5.74, 6) is -0.106. The van der Waals surface area contributed by atoms with Crippen LogP contribution in [0.1, 0.15) is 28.7 Å². The van der Waals surface area contributed by atoms with Crippen molar-refractivity contribution in [2.24, 2.45) is 0 Å². The number of carbonyl (C=O) groups is 1. The van der Waals surface area contributed by atoms with E-state index in [1.165, 1.54) is 0 Å². The first-order valence-corrected chi connectivity index (χ1v) is 7.39. The minimum Gasteiger partial charge on any atom is -0.484 e. The Bertz CT molecular complexity index is 828. The van der Waals surface area contributed by atoms with E-state index in [0.29, 0.717) is 23.7 Å². The second-order valence-corrected chi connectivity index (χ2v) is 4.97. The molecule has 2 aromatic heterocycles. The van der Waals surface area contributed by atoms with Crippen LogP contribution in [0.5, 0.6) is 5.75 Å². The van der Waals surface area contributed by atoms with Gasteiger partial charge in [-0.3, -0.25) is 0 Å². The molecule has 0 aliphatic rings. The molecule has 0 radical (unpaired) electrons. The number of hydrogen-bond donors (Lipinski definition) is 0. The van der Waals surface area contributed by atoms with Gasteiger partial charge >= 0.3 is 5.97 Å². The summed E-state index contributed by atoms with van der Waals surface area (Å²) in [6, 6.07) is 11.5. The SMILES string of the molecule is CCOC(=O)c1nc2ccnn2c(C)c1OCc1ccccc1. The summed E-state index contributed by atoms with van der Waals surface area (Å²) in [6.45, 7) is 4.21. The quantitative estimate of drug-likeness (QED) is 0.678. The Morgan fingerprint density at radius 1 is 1.22 bits per heavy atom. The Hall–Kier alpha value is -2.89. The van der Waals surface area contributed by atoms with Crippen LogP contribution in [0.2, 0.25) is 0 Å². The number of esters is 1. The van der Waals surface area contributed by atoms with Gasteiger partial charge < -0.3 is 9.47 Å². The molecule has 6 nitrogen and oxygen atoms in total. The lowest BCUT2D eigenvalue weighted by atomic mass is 10.2. The van der Waals surface area contributed by atoms with Crippen LogP contribution in [0.4, 0.5) is 0 Å². The van der Waals surface area contributed by atoms with E-state index in [0.717, 1.165) is 5.56 Å². The summed E-state index contributed by atoms with van der Waals surface area (Å²) in [6.07, 6.45) is 1.63. The van der Waals surface area contributed by atoms with E-state index in [1.807, 2.05) is 37.3 Å². The molecule has 0 atom stereocenters. The number of fused-ring (bicyclic) bond motifs is 1. The van der Waals surface area contributed by atoms with Crippen molar-refractivity contribution < 1.29 is 14.3 Å². The van der Waals surface area contributed by atoms with Crippen molar-refractivity contribution in [1.29, 1.82) is 0 Å². The molecular weight excluding hydrogens is 294 g/mol. The topological polar surface area (TPSA) is 65.7 Å². The fraction of sp³-hybridized carbons (Fsp3) is 0.235. The fourth-order valence-corrected chi connectivity index (χ4v) is 2.31. The lowest BCUT2D eigenvalue weighted by molar-refractivity contribution is 0.0513. The summed E-state index contributed by atoms with van der Waals surface area (Å²) in [5.41, 5.74) is 2.46. The second kappa shape index (κ2) is 6.48. The van der Waals surface area contributed by atoms with E-state index in [2.05, 4.69) is 10.1 Å².